The highest BCUT2D eigenvalue weighted by atomic mass is 28.4. The lowest BCUT2D eigenvalue weighted by molar-refractivity contribution is 0.0708. The van der Waals surface area contributed by atoms with Gasteiger partial charge < -0.3 is 29.0 Å². The van der Waals surface area contributed by atoms with Crippen LogP contribution in [0.3, 0.4) is 0 Å². The molecule has 0 fully saturated rings. The molecule has 0 aliphatic heterocycles. The Kier molecular flexibility index (Phi) is 11.7. The van der Waals surface area contributed by atoms with Crippen molar-refractivity contribution in [2.45, 2.75) is 39.3 Å². The summed E-state index contributed by atoms with van der Waals surface area (Å²) in [5, 5.41) is 16.5. The summed E-state index contributed by atoms with van der Waals surface area (Å²) in [6.45, 7) is 9.57. The molecule has 0 heterocycles. The van der Waals surface area contributed by atoms with Gasteiger partial charge in [0.15, 0.2) is 0 Å². The van der Waals surface area contributed by atoms with Crippen molar-refractivity contribution in [1.29, 1.82) is 0 Å². The van der Waals surface area contributed by atoms with Gasteiger partial charge in [0.2, 0.25) is 0 Å². The van der Waals surface area contributed by atoms with Gasteiger partial charge in [0, 0.05) is 44.6 Å². The SMILES string of the molecule is CCO[Si](CCCNC[C@H](O)CNc1ccccc1)(OCC)OCC. The Morgan fingerprint density at radius 1 is 0.960 bits per heavy atom. The van der Waals surface area contributed by atoms with Gasteiger partial charge in [-0.2, -0.15) is 0 Å². The summed E-state index contributed by atoms with van der Waals surface area (Å²) in [5.74, 6) is 0. The molecule has 6 nitrogen and oxygen atoms in total. The van der Waals surface area contributed by atoms with Crippen LogP contribution in [0.5, 0.6) is 0 Å². The first-order chi connectivity index (χ1) is 12.2. The average Bonchev–Trinajstić information content (AvgIpc) is 2.61. The van der Waals surface area contributed by atoms with Crippen molar-refractivity contribution < 1.29 is 18.4 Å². The van der Waals surface area contributed by atoms with E-state index in [-0.39, 0.29) is 0 Å². The van der Waals surface area contributed by atoms with Crippen LogP contribution in [0.15, 0.2) is 30.3 Å². The summed E-state index contributed by atoms with van der Waals surface area (Å²) >= 11 is 0. The highest BCUT2D eigenvalue weighted by Gasteiger charge is 2.39. The van der Waals surface area contributed by atoms with Crippen LogP contribution in [0.4, 0.5) is 5.69 Å². The number of aliphatic hydroxyl groups excluding tert-OH is 1. The molecule has 1 aromatic rings. The van der Waals surface area contributed by atoms with Crippen LogP contribution in [0.2, 0.25) is 6.04 Å². The third-order valence-corrected chi connectivity index (χ3v) is 6.78. The summed E-state index contributed by atoms with van der Waals surface area (Å²) in [6, 6.07) is 10.7. The first kappa shape index (κ1) is 22.1. The minimum Gasteiger partial charge on any atom is -0.390 e. The zero-order valence-corrected chi connectivity index (χ0v) is 16.8. The summed E-state index contributed by atoms with van der Waals surface area (Å²) < 4.78 is 17.5. The van der Waals surface area contributed by atoms with Crippen molar-refractivity contribution in [2.75, 3.05) is 44.8 Å². The Bertz CT molecular complexity index is 419. The molecule has 0 radical (unpaired) electrons. The van der Waals surface area contributed by atoms with E-state index < -0.39 is 14.9 Å². The maximum absolute atomic E-state index is 10.0. The molecule has 0 aliphatic carbocycles. The summed E-state index contributed by atoms with van der Waals surface area (Å²) in [7, 11) is -2.55. The minimum atomic E-state index is -2.55. The maximum atomic E-state index is 10.0. The van der Waals surface area contributed by atoms with Crippen LogP contribution >= 0.6 is 0 Å². The fraction of sp³-hybridized carbons (Fsp3) is 0.667. The van der Waals surface area contributed by atoms with Gasteiger partial charge in [-0.15, -0.1) is 0 Å². The van der Waals surface area contributed by atoms with Crippen molar-refractivity contribution in [1.82, 2.24) is 5.32 Å². The van der Waals surface area contributed by atoms with Gasteiger partial charge >= 0.3 is 8.80 Å². The molecule has 144 valence electrons. The fourth-order valence-electron chi connectivity index (χ4n) is 2.56. The molecule has 0 bridgehead atoms. The molecular weight excluding hydrogens is 336 g/mol. The molecule has 1 rings (SSSR count). The topological polar surface area (TPSA) is 72.0 Å². The molecule has 0 amide bonds. The molecular formula is C18H34N2O4Si. The fourth-order valence-corrected chi connectivity index (χ4v) is 5.18. The second-order valence-electron chi connectivity index (χ2n) is 5.69. The second-order valence-corrected chi connectivity index (χ2v) is 8.42. The van der Waals surface area contributed by atoms with Crippen molar-refractivity contribution in [3.8, 4) is 0 Å². The van der Waals surface area contributed by atoms with Crippen molar-refractivity contribution in [2.24, 2.45) is 0 Å². The molecule has 7 heteroatoms. The average molecular weight is 371 g/mol. The van der Waals surface area contributed by atoms with Gasteiger partial charge in [-0.05, 0) is 45.9 Å². The molecule has 1 atom stereocenters. The summed E-state index contributed by atoms with van der Waals surface area (Å²) in [5.41, 5.74) is 1.02. The number of aliphatic hydroxyl groups is 1. The molecule has 3 N–H and O–H groups in total. The van der Waals surface area contributed by atoms with Gasteiger partial charge in [-0.25, -0.2) is 0 Å². The number of rotatable bonds is 15. The van der Waals surface area contributed by atoms with E-state index in [4.69, 9.17) is 13.3 Å². The van der Waals surface area contributed by atoms with Crippen LogP contribution in [0, 0.1) is 0 Å². The molecule has 25 heavy (non-hydrogen) atoms. The number of benzene rings is 1. The normalized spacial score (nSPS) is 13.0. The quantitative estimate of drug-likeness (QED) is 0.325. The van der Waals surface area contributed by atoms with E-state index in [1.54, 1.807) is 0 Å². The van der Waals surface area contributed by atoms with Crippen LogP contribution in [0.25, 0.3) is 0 Å². The predicted molar refractivity (Wildman–Crippen MR) is 104 cm³/mol. The Morgan fingerprint density at radius 3 is 2.12 bits per heavy atom. The summed E-state index contributed by atoms with van der Waals surface area (Å²) in [4.78, 5) is 0. The molecule has 0 spiro atoms. The van der Waals surface area contributed by atoms with Gasteiger partial charge in [0.05, 0.1) is 6.10 Å². The summed E-state index contributed by atoms with van der Waals surface area (Å²) in [6.07, 6.45) is 0.457. The molecule has 0 aliphatic rings. The lowest BCUT2D eigenvalue weighted by Gasteiger charge is -2.28. The number of anilines is 1. The van der Waals surface area contributed by atoms with E-state index in [2.05, 4.69) is 10.6 Å². The van der Waals surface area contributed by atoms with E-state index in [0.29, 0.717) is 32.9 Å². The lowest BCUT2D eigenvalue weighted by Crippen LogP contribution is -2.46. The van der Waals surface area contributed by atoms with Crippen molar-refractivity contribution in [3.05, 3.63) is 30.3 Å². The lowest BCUT2D eigenvalue weighted by atomic mass is 10.3. The number of nitrogens with one attached hydrogen (secondary N) is 2. The highest BCUT2D eigenvalue weighted by molar-refractivity contribution is 6.60. The Morgan fingerprint density at radius 2 is 1.56 bits per heavy atom. The van der Waals surface area contributed by atoms with Crippen molar-refractivity contribution in [3.63, 3.8) is 0 Å². The van der Waals surface area contributed by atoms with E-state index in [0.717, 1.165) is 24.7 Å². The minimum absolute atomic E-state index is 0.437. The Hall–Kier alpha value is -0.963. The molecule has 0 saturated carbocycles. The standard InChI is InChI=1S/C18H34N2O4Si/c1-4-22-25(23-5-2,24-6-3)14-10-13-19-15-18(21)16-20-17-11-8-7-9-12-17/h7-9,11-12,18-21H,4-6,10,13-16H2,1-3H3/t18-/m0/s1. The first-order valence-electron chi connectivity index (χ1n) is 9.25. The molecule has 1 aromatic carbocycles. The molecule has 0 unspecified atom stereocenters. The van der Waals surface area contributed by atoms with E-state index in [9.17, 15) is 5.11 Å². The Labute approximate surface area is 153 Å². The number of hydrogen-bond donors (Lipinski definition) is 3. The monoisotopic (exact) mass is 370 g/mol. The van der Waals surface area contributed by atoms with Gasteiger partial charge in [0.1, 0.15) is 0 Å². The first-order valence-corrected chi connectivity index (χ1v) is 11.2. The number of para-hydroxylation sites is 1. The van der Waals surface area contributed by atoms with Gasteiger partial charge in [0.25, 0.3) is 0 Å². The van der Waals surface area contributed by atoms with Crippen molar-refractivity contribution >= 4 is 14.5 Å². The van der Waals surface area contributed by atoms with Crippen LogP contribution in [-0.2, 0) is 13.3 Å². The van der Waals surface area contributed by atoms with Crippen LogP contribution in [-0.4, -0.2) is 59.5 Å². The highest BCUT2D eigenvalue weighted by Crippen LogP contribution is 2.17. The molecule has 0 aromatic heterocycles. The van der Waals surface area contributed by atoms with Crippen LogP contribution in [0.1, 0.15) is 27.2 Å². The third kappa shape index (κ3) is 9.34. The zero-order chi connectivity index (χ0) is 18.4. The maximum Gasteiger partial charge on any atom is 0.500 e. The number of hydrogen-bond acceptors (Lipinski definition) is 6. The second kappa shape index (κ2) is 13.3. The smallest absolute Gasteiger partial charge is 0.390 e. The zero-order valence-electron chi connectivity index (χ0n) is 15.8. The van der Waals surface area contributed by atoms with Gasteiger partial charge in [-0.3, -0.25) is 0 Å². The van der Waals surface area contributed by atoms with E-state index in [1.807, 2.05) is 51.1 Å². The predicted octanol–water partition coefficient (Wildman–Crippen LogP) is 2.49. The Balaban J connectivity index is 2.21. The third-order valence-electron chi connectivity index (χ3n) is 3.62. The van der Waals surface area contributed by atoms with Crippen LogP contribution < -0.4 is 10.6 Å². The van der Waals surface area contributed by atoms with E-state index in [1.165, 1.54) is 0 Å². The van der Waals surface area contributed by atoms with Gasteiger partial charge in [-0.1, -0.05) is 18.2 Å². The molecule has 0 saturated heterocycles. The van der Waals surface area contributed by atoms with E-state index >= 15 is 0 Å². The largest absolute Gasteiger partial charge is 0.500 e.